The summed E-state index contributed by atoms with van der Waals surface area (Å²) in [6, 6.07) is -2.03. The van der Waals surface area contributed by atoms with Crippen LogP contribution < -0.4 is 11.1 Å². The molecule has 2 atom stereocenters. The number of aromatic nitrogens is 3. The van der Waals surface area contributed by atoms with E-state index in [-0.39, 0.29) is 0 Å². The van der Waals surface area contributed by atoms with Crippen molar-refractivity contribution in [2.75, 3.05) is 11.1 Å². The average molecular weight is 357 g/mol. The lowest BCUT2D eigenvalue weighted by molar-refractivity contribution is -0.138. The maximum absolute atomic E-state index is 13.9. The number of halogens is 6. The second-order valence-electron chi connectivity index (χ2n) is 5.24. The summed E-state index contributed by atoms with van der Waals surface area (Å²) in [6.07, 6.45) is -8.67. The molecule has 4 N–H and O–H groups in total. The number of anilines is 2. The van der Waals surface area contributed by atoms with Gasteiger partial charge in [0.25, 0.3) is 5.92 Å². The average Bonchev–Trinajstić information content (AvgIpc) is 2.43. The normalized spacial score (nSPS) is 22.4. The van der Waals surface area contributed by atoms with Crippen LogP contribution in [0, 0.1) is 0 Å². The van der Waals surface area contributed by atoms with Crippen molar-refractivity contribution in [1.29, 1.82) is 0 Å². The number of nitrogens with one attached hydrogen (secondary N) is 1. The van der Waals surface area contributed by atoms with Crippen LogP contribution in [0.15, 0.2) is 5.83 Å². The van der Waals surface area contributed by atoms with Gasteiger partial charge in [0.05, 0.1) is 0 Å². The number of alkyl halides is 5. The summed E-state index contributed by atoms with van der Waals surface area (Å²) < 4.78 is 78.1. The van der Waals surface area contributed by atoms with Crippen molar-refractivity contribution in [3.05, 3.63) is 11.7 Å². The molecule has 0 aromatic carbocycles. The van der Waals surface area contributed by atoms with Crippen molar-refractivity contribution in [1.82, 2.24) is 15.0 Å². The van der Waals surface area contributed by atoms with Gasteiger partial charge in [-0.3, -0.25) is 0 Å². The fourth-order valence-corrected chi connectivity index (χ4v) is 1.98. The SMILES string of the molecule is C[C@@H](Nc1nc(N)nc(C2=C(F)C(O)C(F)(F)CC2)n1)C(F)(F)F. The van der Waals surface area contributed by atoms with Gasteiger partial charge in [-0.05, 0) is 13.3 Å². The highest BCUT2D eigenvalue weighted by atomic mass is 19.4. The molecule has 0 amide bonds. The molecule has 1 aliphatic rings. The number of nitrogen functional groups attached to an aromatic ring is 1. The molecule has 0 spiro atoms. The Labute approximate surface area is 131 Å². The Morgan fingerprint density at radius 1 is 1.29 bits per heavy atom. The molecule has 0 bridgehead atoms. The van der Waals surface area contributed by atoms with E-state index >= 15 is 0 Å². The van der Waals surface area contributed by atoms with Crippen LogP contribution in [-0.2, 0) is 0 Å². The molecule has 2 rings (SSSR count). The van der Waals surface area contributed by atoms with E-state index < -0.39 is 66.2 Å². The van der Waals surface area contributed by atoms with Crippen LogP contribution in [0.2, 0.25) is 0 Å². The summed E-state index contributed by atoms with van der Waals surface area (Å²) in [6.45, 7) is 0.796. The van der Waals surface area contributed by atoms with Gasteiger partial charge in [0.2, 0.25) is 11.9 Å². The molecule has 1 aromatic rings. The second-order valence-corrected chi connectivity index (χ2v) is 5.24. The molecule has 24 heavy (non-hydrogen) atoms. The number of aliphatic hydroxyl groups is 1. The summed E-state index contributed by atoms with van der Waals surface area (Å²) in [5, 5.41) is 11.2. The zero-order valence-electron chi connectivity index (χ0n) is 12.2. The van der Waals surface area contributed by atoms with E-state index in [1.807, 2.05) is 5.32 Å². The Balaban J connectivity index is 2.37. The lowest BCUT2D eigenvalue weighted by Gasteiger charge is -2.27. The number of hydrogen-bond donors (Lipinski definition) is 3. The molecule has 1 aromatic heterocycles. The van der Waals surface area contributed by atoms with Gasteiger partial charge in [0, 0.05) is 12.0 Å². The van der Waals surface area contributed by atoms with Crippen LogP contribution in [0.3, 0.4) is 0 Å². The van der Waals surface area contributed by atoms with Crippen molar-refractivity contribution in [2.24, 2.45) is 0 Å². The van der Waals surface area contributed by atoms with Crippen LogP contribution in [0.5, 0.6) is 0 Å². The summed E-state index contributed by atoms with van der Waals surface area (Å²) in [5.74, 6) is -6.82. The Morgan fingerprint density at radius 3 is 2.50 bits per heavy atom. The third-order valence-electron chi connectivity index (χ3n) is 3.40. The number of allylic oxidation sites excluding steroid dienone is 1. The van der Waals surface area contributed by atoms with Crippen molar-refractivity contribution < 1.29 is 31.4 Å². The minimum atomic E-state index is -4.60. The summed E-state index contributed by atoms with van der Waals surface area (Å²) in [7, 11) is 0. The molecule has 0 saturated heterocycles. The maximum Gasteiger partial charge on any atom is 0.408 e. The lowest BCUT2D eigenvalue weighted by atomic mass is 9.92. The van der Waals surface area contributed by atoms with E-state index in [1.165, 1.54) is 0 Å². The van der Waals surface area contributed by atoms with E-state index in [0.717, 1.165) is 6.92 Å². The first-order chi connectivity index (χ1) is 10.9. The van der Waals surface area contributed by atoms with Gasteiger partial charge in [-0.25, -0.2) is 13.2 Å². The van der Waals surface area contributed by atoms with Gasteiger partial charge >= 0.3 is 6.18 Å². The maximum atomic E-state index is 13.9. The first kappa shape index (κ1) is 18.2. The smallest absolute Gasteiger partial charge is 0.380 e. The molecule has 0 fully saturated rings. The van der Waals surface area contributed by atoms with Gasteiger partial charge in [0.1, 0.15) is 11.9 Å². The first-order valence-electron chi connectivity index (χ1n) is 6.71. The molecule has 1 unspecified atom stereocenters. The fraction of sp³-hybridized carbons (Fsp3) is 0.583. The largest absolute Gasteiger partial charge is 0.408 e. The zero-order valence-corrected chi connectivity index (χ0v) is 12.2. The van der Waals surface area contributed by atoms with E-state index in [0.29, 0.717) is 0 Å². The quantitative estimate of drug-likeness (QED) is 0.718. The van der Waals surface area contributed by atoms with Crippen LogP contribution >= 0.6 is 0 Å². The van der Waals surface area contributed by atoms with Crippen LogP contribution in [0.1, 0.15) is 25.6 Å². The van der Waals surface area contributed by atoms with Crippen molar-refractivity contribution >= 4 is 17.5 Å². The van der Waals surface area contributed by atoms with E-state index in [4.69, 9.17) is 5.73 Å². The summed E-state index contributed by atoms with van der Waals surface area (Å²) >= 11 is 0. The standard InChI is InChI=1S/C12H13F6N5O/c1-4(12(16,17)18)20-10-22-8(21-9(19)23-10)5-2-3-11(14,15)7(24)6(5)13/h4,7,24H,2-3H2,1H3,(H3,19,20,21,22,23)/t4-,7?/m1/s1. The molecule has 1 aliphatic carbocycles. The van der Waals surface area contributed by atoms with E-state index in [2.05, 4.69) is 15.0 Å². The Bertz CT molecular complexity index is 662. The second kappa shape index (κ2) is 6.07. The Kier molecular flexibility index (Phi) is 4.61. The monoisotopic (exact) mass is 357 g/mol. The van der Waals surface area contributed by atoms with E-state index in [9.17, 15) is 31.4 Å². The van der Waals surface area contributed by atoms with Crippen LogP contribution in [0.4, 0.5) is 38.2 Å². The number of rotatable bonds is 3. The highest BCUT2D eigenvalue weighted by Gasteiger charge is 2.46. The molecule has 12 heteroatoms. The Hall–Kier alpha value is -2.11. The number of nitrogens with zero attached hydrogens (tertiary/aromatic N) is 3. The van der Waals surface area contributed by atoms with Crippen molar-refractivity contribution in [3.8, 4) is 0 Å². The van der Waals surface area contributed by atoms with Gasteiger partial charge in [-0.1, -0.05) is 0 Å². The van der Waals surface area contributed by atoms with Crippen molar-refractivity contribution in [2.45, 2.75) is 44.0 Å². The minimum Gasteiger partial charge on any atom is -0.380 e. The zero-order chi connectivity index (χ0) is 18.3. The lowest BCUT2D eigenvalue weighted by Crippen LogP contribution is -2.37. The van der Waals surface area contributed by atoms with Gasteiger partial charge in [-0.15, -0.1) is 0 Å². The molecule has 1 heterocycles. The van der Waals surface area contributed by atoms with Gasteiger partial charge < -0.3 is 16.2 Å². The molecule has 6 nitrogen and oxygen atoms in total. The van der Waals surface area contributed by atoms with Gasteiger partial charge in [-0.2, -0.15) is 28.1 Å². The highest BCUT2D eigenvalue weighted by molar-refractivity contribution is 5.65. The molecule has 0 aliphatic heterocycles. The highest BCUT2D eigenvalue weighted by Crippen LogP contribution is 2.40. The number of aliphatic hydroxyl groups excluding tert-OH is 1. The van der Waals surface area contributed by atoms with Crippen LogP contribution in [-0.4, -0.2) is 44.3 Å². The van der Waals surface area contributed by atoms with Crippen LogP contribution in [0.25, 0.3) is 5.57 Å². The third kappa shape index (κ3) is 3.68. The summed E-state index contributed by atoms with van der Waals surface area (Å²) in [5.41, 5.74) is 4.89. The number of nitrogens with two attached hydrogens (primary N) is 1. The fourth-order valence-electron chi connectivity index (χ4n) is 1.98. The molecule has 0 saturated carbocycles. The summed E-state index contributed by atoms with van der Waals surface area (Å²) in [4.78, 5) is 10.6. The van der Waals surface area contributed by atoms with E-state index in [1.54, 1.807) is 0 Å². The molecule has 0 radical (unpaired) electrons. The Morgan fingerprint density at radius 2 is 1.92 bits per heavy atom. The van der Waals surface area contributed by atoms with Crippen molar-refractivity contribution in [3.63, 3.8) is 0 Å². The predicted octanol–water partition coefficient (Wildman–Crippen LogP) is 2.29. The van der Waals surface area contributed by atoms with Gasteiger partial charge in [0.15, 0.2) is 11.9 Å². The predicted molar refractivity (Wildman–Crippen MR) is 71.6 cm³/mol. The molecular weight excluding hydrogens is 344 g/mol. The molecular formula is C12H13F6N5O. The minimum absolute atomic E-state index is 0.453. The molecule has 134 valence electrons. The topological polar surface area (TPSA) is 97.0 Å². The third-order valence-corrected chi connectivity index (χ3v) is 3.40. The first-order valence-corrected chi connectivity index (χ1v) is 6.71. The number of hydrogen-bond acceptors (Lipinski definition) is 6.